The topological polar surface area (TPSA) is 54.5 Å². The Morgan fingerprint density at radius 3 is 1.90 bits per heavy atom. The predicted molar refractivity (Wildman–Crippen MR) is 78.5 cm³/mol. The van der Waals surface area contributed by atoms with Crippen molar-refractivity contribution in [1.29, 1.82) is 0 Å². The maximum atomic E-state index is 11.9. The molecule has 0 radical (unpaired) electrons. The zero-order chi connectivity index (χ0) is 15.4. The van der Waals surface area contributed by atoms with Crippen LogP contribution in [-0.4, -0.2) is 35.3 Å². The molecule has 0 amide bonds. The first kappa shape index (κ1) is 16.7. The Kier molecular flexibility index (Phi) is 5.72. The van der Waals surface area contributed by atoms with Crippen LogP contribution in [0.3, 0.4) is 0 Å². The molecule has 0 aliphatic heterocycles. The molecular weight excluding hydrogens is 301 g/mol. The molecule has 0 heterocycles. The number of rotatable bonds is 5. The van der Waals surface area contributed by atoms with Crippen LogP contribution in [0, 0.1) is 0 Å². The second-order valence-corrected chi connectivity index (χ2v) is 4.92. The van der Waals surface area contributed by atoms with Crippen LogP contribution in [0.4, 0.5) is 0 Å². The molecule has 0 saturated carbocycles. The summed E-state index contributed by atoms with van der Waals surface area (Å²) in [5, 5.41) is -0.664. The summed E-state index contributed by atoms with van der Waals surface area (Å²) in [6.45, 7) is 6.69. The number of carbonyl (C=O) groups excluding carboxylic acids is 3. The molecule has 0 aromatic heterocycles. The van der Waals surface area contributed by atoms with Crippen molar-refractivity contribution in [2.75, 3.05) is 13.1 Å². The van der Waals surface area contributed by atoms with Crippen molar-refractivity contribution in [2.45, 2.75) is 20.8 Å². The van der Waals surface area contributed by atoms with Crippen LogP contribution in [0.5, 0.6) is 0 Å². The molecule has 0 unspecified atom stereocenters. The van der Waals surface area contributed by atoms with E-state index in [2.05, 4.69) is 0 Å². The molecule has 0 fully saturated rings. The average molecular weight is 316 g/mol. The first-order valence-electron chi connectivity index (χ1n) is 6.17. The van der Waals surface area contributed by atoms with Crippen molar-refractivity contribution < 1.29 is 14.4 Å². The standard InChI is InChI=1S/C14H15Cl2NO3/c1-4-17(5-2)7-6-9(8(3)18)10-13(19)11(15)12(16)14(10)20/h6-7H,4-5H2,1-3H3/b7-6+. The van der Waals surface area contributed by atoms with Gasteiger partial charge in [-0.05, 0) is 33.0 Å². The Labute approximate surface area is 127 Å². The third-order valence-corrected chi connectivity index (χ3v) is 3.78. The van der Waals surface area contributed by atoms with Crippen LogP contribution < -0.4 is 0 Å². The Balaban J connectivity index is 3.29. The smallest absolute Gasteiger partial charge is 0.210 e. The summed E-state index contributed by atoms with van der Waals surface area (Å²) in [5.74, 6) is -1.78. The fraction of sp³-hybridized carbons (Fsp3) is 0.357. The van der Waals surface area contributed by atoms with E-state index in [9.17, 15) is 14.4 Å². The number of carbonyl (C=O) groups is 3. The molecule has 0 bridgehead atoms. The lowest BCUT2D eigenvalue weighted by Crippen LogP contribution is -2.16. The third kappa shape index (κ3) is 3.19. The van der Waals surface area contributed by atoms with E-state index in [1.807, 2.05) is 18.7 Å². The second-order valence-electron chi connectivity index (χ2n) is 4.17. The maximum absolute atomic E-state index is 11.9. The summed E-state index contributed by atoms with van der Waals surface area (Å²) in [7, 11) is 0. The molecule has 0 spiro atoms. The highest BCUT2D eigenvalue weighted by Crippen LogP contribution is 2.32. The van der Waals surface area contributed by atoms with E-state index in [0.717, 1.165) is 13.1 Å². The Bertz CT molecular complexity index is 529. The number of nitrogens with zero attached hydrogens (tertiary/aromatic N) is 1. The molecule has 0 saturated heterocycles. The van der Waals surface area contributed by atoms with Gasteiger partial charge in [0.15, 0.2) is 5.78 Å². The van der Waals surface area contributed by atoms with Gasteiger partial charge in [-0.3, -0.25) is 14.4 Å². The maximum Gasteiger partial charge on any atom is 0.210 e. The van der Waals surface area contributed by atoms with Gasteiger partial charge in [0.2, 0.25) is 11.6 Å². The van der Waals surface area contributed by atoms with E-state index >= 15 is 0 Å². The second kappa shape index (κ2) is 6.86. The minimum absolute atomic E-state index is 0.0284. The van der Waals surface area contributed by atoms with E-state index < -0.39 is 11.6 Å². The van der Waals surface area contributed by atoms with Crippen molar-refractivity contribution >= 4 is 40.6 Å². The molecule has 0 aromatic carbocycles. The highest BCUT2D eigenvalue weighted by Gasteiger charge is 2.37. The van der Waals surface area contributed by atoms with Crippen LogP contribution in [-0.2, 0) is 14.4 Å². The van der Waals surface area contributed by atoms with Gasteiger partial charge in [-0.25, -0.2) is 0 Å². The largest absolute Gasteiger partial charge is 0.378 e. The molecule has 20 heavy (non-hydrogen) atoms. The summed E-state index contributed by atoms with van der Waals surface area (Å²) < 4.78 is 0. The van der Waals surface area contributed by atoms with Crippen molar-refractivity contribution in [3.05, 3.63) is 33.5 Å². The van der Waals surface area contributed by atoms with Gasteiger partial charge in [-0.2, -0.15) is 0 Å². The Hall–Kier alpha value is -1.39. The number of allylic oxidation sites excluding steroid dienone is 5. The van der Waals surface area contributed by atoms with Crippen molar-refractivity contribution in [1.82, 2.24) is 4.90 Å². The molecular formula is C14H15Cl2NO3. The van der Waals surface area contributed by atoms with E-state index in [-0.39, 0.29) is 27.0 Å². The van der Waals surface area contributed by atoms with Crippen LogP contribution in [0.25, 0.3) is 0 Å². The number of hydrogen-bond donors (Lipinski definition) is 0. The van der Waals surface area contributed by atoms with E-state index in [4.69, 9.17) is 23.2 Å². The lowest BCUT2D eigenvalue weighted by atomic mass is 10.0. The van der Waals surface area contributed by atoms with Gasteiger partial charge in [-0.15, -0.1) is 0 Å². The van der Waals surface area contributed by atoms with E-state index in [1.54, 1.807) is 6.20 Å². The number of hydrogen-bond acceptors (Lipinski definition) is 4. The molecule has 0 atom stereocenters. The molecule has 0 N–H and O–H groups in total. The van der Waals surface area contributed by atoms with Gasteiger partial charge in [-0.1, -0.05) is 23.2 Å². The molecule has 1 aliphatic carbocycles. The fourth-order valence-electron chi connectivity index (χ4n) is 1.76. The summed E-state index contributed by atoms with van der Waals surface area (Å²) in [4.78, 5) is 37.4. The van der Waals surface area contributed by atoms with Crippen LogP contribution in [0.2, 0.25) is 0 Å². The van der Waals surface area contributed by atoms with Gasteiger partial charge in [0.25, 0.3) is 0 Å². The average Bonchev–Trinajstić information content (AvgIpc) is 2.60. The summed E-state index contributed by atoms with van der Waals surface area (Å²) >= 11 is 11.3. The minimum Gasteiger partial charge on any atom is -0.378 e. The van der Waals surface area contributed by atoms with Gasteiger partial charge in [0.1, 0.15) is 10.1 Å². The highest BCUT2D eigenvalue weighted by atomic mass is 35.5. The van der Waals surface area contributed by atoms with Crippen LogP contribution in [0.1, 0.15) is 20.8 Å². The Morgan fingerprint density at radius 2 is 1.55 bits per heavy atom. The monoisotopic (exact) mass is 315 g/mol. The fourth-order valence-corrected chi connectivity index (χ4v) is 2.12. The quantitative estimate of drug-likeness (QED) is 0.578. The summed E-state index contributed by atoms with van der Waals surface area (Å²) in [5.41, 5.74) is -0.225. The number of ketones is 3. The lowest BCUT2D eigenvalue weighted by molar-refractivity contribution is -0.118. The van der Waals surface area contributed by atoms with Gasteiger partial charge in [0, 0.05) is 18.7 Å². The van der Waals surface area contributed by atoms with E-state index in [1.165, 1.54) is 13.0 Å². The van der Waals surface area contributed by atoms with Gasteiger partial charge >= 0.3 is 0 Å². The SMILES string of the molecule is CCN(/C=C/C(C(C)=O)=C1C(=O)C(Cl)=C(Cl)C1=O)CC. The summed E-state index contributed by atoms with van der Waals surface area (Å²) in [6, 6.07) is 0. The Morgan fingerprint density at radius 1 is 1.10 bits per heavy atom. The lowest BCUT2D eigenvalue weighted by Gasteiger charge is -2.15. The zero-order valence-corrected chi connectivity index (χ0v) is 13.0. The number of halogens is 2. The predicted octanol–water partition coefficient (Wildman–Crippen LogP) is 2.57. The molecule has 1 aliphatic rings. The highest BCUT2D eigenvalue weighted by molar-refractivity contribution is 6.65. The first-order chi connectivity index (χ1) is 9.34. The minimum atomic E-state index is -0.698. The van der Waals surface area contributed by atoms with Crippen molar-refractivity contribution in [2.24, 2.45) is 0 Å². The van der Waals surface area contributed by atoms with Crippen molar-refractivity contribution in [3.63, 3.8) is 0 Å². The third-order valence-electron chi connectivity index (χ3n) is 2.96. The summed E-state index contributed by atoms with van der Waals surface area (Å²) in [6.07, 6.45) is 3.13. The molecule has 0 aromatic rings. The number of Topliss-reactive ketones (excluding diaryl/α,β-unsaturated/α-hetero) is 3. The molecule has 108 valence electrons. The zero-order valence-electron chi connectivity index (χ0n) is 11.5. The molecule has 6 heteroatoms. The molecule has 1 rings (SSSR count). The van der Waals surface area contributed by atoms with Crippen LogP contribution in [0.15, 0.2) is 33.5 Å². The first-order valence-corrected chi connectivity index (χ1v) is 6.92. The van der Waals surface area contributed by atoms with Gasteiger partial charge < -0.3 is 4.90 Å². The van der Waals surface area contributed by atoms with Crippen molar-refractivity contribution in [3.8, 4) is 0 Å². The van der Waals surface area contributed by atoms with E-state index in [0.29, 0.717) is 0 Å². The van der Waals surface area contributed by atoms with Gasteiger partial charge in [0.05, 0.1) is 5.57 Å². The molecule has 4 nitrogen and oxygen atoms in total. The normalized spacial score (nSPS) is 15.6. The van der Waals surface area contributed by atoms with Crippen LogP contribution >= 0.6 is 23.2 Å².